The Morgan fingerprint density at radius 1 is 0.549 bits per heavy atom. The van der Waals surface area contributed by atoms with Crippen molar-refractivity contribution in [3.8, 4) is 0 Å². The first kappa shape index (κ1) is 106. The number of morpholine rings is 2. The number of ether oxygens (including phenoxy) is 4. The Morgan fingerprint density at radius 2 is 1.00 bits per heavy atom. The summed E-state index contributed by atoms with van der Waals surface area (Å²) in [4.78, 5) is 91.1. The van der Waals surface area contributed by atoms with Crippen LogP contribution in [-0.2, 0) is 89.9 Å². The highest BCUT2D eigenvalue weighted by atomic mass is 16.5. The van der Waals surface area contributed by atoms with Crippen molar-refractivity contribution in [1.29, 1.82) is 0 Å². The van der Waals surface area contributed by atoms with Gasteiger partial charge in [-0.25, -0.2) is 9.97 Å². The quantitative estimate of drug-likeness (QED) is 0.0249. The number of anilines is 2. The fraction of sp³-hybridized carbons (Fsp3) is 0.566. The third kappa shape index (κ3) is 42.1. The van der Waals surface area contributed by atoms with Gasteiger partial charge in [-0.05, 0) is 165 Å². The molecule has 0 radical (unpaired) electrons. The molecule has 122 heavy (non-hydrogen) atoms. The molecule has 23 nitrogen and oxygen atoms in total. The second kappa shape index (κ2) is 52.1. The topological polar surface area (TPSA) is 283 Å². The molecule has 1 atom stereocenters. The molecule has 10 rings (SSSR count). The van der Waals surface area contributed by atoms with Crippen LogP contribution in [0.15, 0.2) is 141 Å². The molecule has 0 saturated carbocycles. The van der Waals surface area contributed by atoms with Crippen LogP contribution in [0.1, 0.15) is 243 Å². The molecule has 1 aromatic carbocycles. The minimum Gasteiger partial charge on any atom is -0.399 e. The van der Waals surface area contributed by atoms with Gasteiger partial charge in [-0.1, -0.05) is 200 Å². The number of nitrogens with two attached hydrogens (primary N) is 1. The Morgan fingerprint density at radius 3 is 1.43 bits per heavy atom. The molecule has 3 aliphatic heterocycles. The number of hydrogen-bond acceptors (Lipinski definition) is 22. The number of piperidine rings is 1. The molecular formula is C99H152N14O9. The first-order valence-electron chi connectivity index (χ1n) is 43.3. The number of hydrogen-bond donors (Lipinski definition) is 5. The number of nitrogens with one attached hydrogen (secondary N) is 4. The molecule has 3 saturated heterocycles. The van der Waals surface area contributed by atoms with Crippen LogP contribution in [0.4, 0.5) is 11.6 Å². The van der Waals surface area contributed by atoms with Gasteiger partial charge in [0.2, 0.25) is 5.91 Å². The molecule has 0 spiro atoms. The van der Waals surface area contributed by atoms with Crippen molar-refractivity contribution in [3.63, 3.8) is 0 Å². The van der Waals surface area contributed by atoms with Gasteiger partial charge in [-0.3, -0.25) is 58.6 Å². The monoisotopic (exact) mass is 1680 g/mol. The predicted molar refractivity (Wildman–Crippen MR) is 499 cm³/mol. The van der Waals surface area contributed by atoms with E-state index in [-0.39, 0.29) is 67.6 Å². The van der Waals surface area contributed by atoms with Crippen LogP contribution >= 0.6 is 0 Å². The lowest BCUT2D eigenvalue weighted by atomic mass is 9.86. The average molecular weight is 1680 g/mol. The maximum absolute atomic E-state index is 12.4. The highest BCUT2D eigenvalue weighted by Gasteiger charge is 2.26. The van der Waals surface area contributed by atoms with Gasteiger partial charge < -0.3 is 45.9 Å². The van der Waals surface area contributed by atoms with Crippen LogP contribution < -0.4 is 27.0 Å². The van der Waals surface area contributed by atoms with Crippen LogP contribution in [0.3, 0.4) is 0 Å². The number of carbonyl (C=O) groups is 5. The van der Waals surface area contributed by atoms with Crippen molar-refractivity contribution < 1.29 is 42.9 Å². The highest BCUT2D eigenvalue weighted by Crippen LogP contribution is 2.28. The number of likely N-dealkylation sites (N-methyl/N-ethyl adjacent to an activating group) is 1. The van der Waals surface area contributed by atoms with Crippen molar-refractivity contribution in [2.45, 2.75) is 235 Å². The minimum absolute atomic E-state index is 0.0143. The van der Waals surface area contributed by atoms with Gasteiger partial charge in [0.1, 0.15) is 17.3 Å². The summed E-state index contributed by atoms with van der Waals surface area (Å²) in [5, 5.41) is 12.7. The van der Waals surface area contributed by atoms with Crippen molar-refractivity contribution in [2.24, 2.45) is 5.73 Å². The molecule has 9 heterocycles. The molecule has 23 heteroatoms. The van der Waals surface area contributed by atoms with Crippen LogP contribution in [0.5, 0.6) is 0 Å². The fourth-order valence-electron chi connectivity index (χ4n) is 12.2. The maximum Gasteiger partial charge on any atom is 0.239 e. The summed E-state index contributed by atoms with van der Waals surface area (Å²) in [6, 6.07) is 32.7. The third-order valence-electron chi connectivity index (χ3n) is 20.8. The summed E-state index contributed by atoms with van der Waals surface area (Å²) < 4.78 is 20.5. The van der Waals surface area contributed by atoms with Crippen LogP contribution in [-0.4, -0.2) is 219 Å². The number of carbonyl (C=O) groups excluding carboxylic acids is 5. The lowest BCUT2D eigenvalue weighted by molar-refractivity contribution is -0.125. The first-order chi connectivity index (χ1) is 57.2. The van der Waals surface area contributed by atoms with Gasteiger partial charge in [0.05, 0.1) is 84.6 Å². The van der Waals surface area contributed by atoms with E-state index < -0.39 is 0 Å². The van der Waals surface area contributed by atoms with Crippen molar-refractivity contribution in [2.75, 3.05) is 144 Å². The Hall–Kier alpha value is -8.75. The number of aromatic nitrogens is 6. The Labute approximate surface area is 732 Å². The lowest BCUT2D eigenvalue weighted by Crippen LogP contribution is -2.46. The first-order valence-corrected chi connectivity index (χ1v) is 43.3. The smallest absolute Gasteiger partial charge is 0.239 e. The van der Waals surface area contributed by atoms with Gasteiger partial charge in [-0.15, -0.1) is 0 Å². The Kier molecular flexibility index (Phi) is 45.1. The molecule has 1 amide bonds. The molecule has 0 bridgehead atoms. The molecule has 3 fully saturated rings. The number of pyridine rings is 6. The van der Waals surface area contributed by atoms with E-state index in [1.165, 1.54) is 47.6 Å². The molecule has 672 valence electrons. The number of nitrogens with zero attached hydrogens (tertiary/aromatic N) is 9. The summed E-state index contributed by atoms with van der Waals surface area (Å²) in [6.07, 6.45) is 14.8. The zero-order chi connectivity index (χ0) is 91.0. The fourth-order valence-corrected chi connectivity index (χ4v) is 12.2. The van der Waals surface area contributed by atoms with Crippen molar-refractivity contribution in [1.82, 2.24) is 55.2 Å². The zero-order valence-corrected chi connectivity index (χ0v) is 79.0. The molecule has 0 aliphatic carbocycles. The molecule has 3 aliphatic rings. The number of Topliss-reactive ketones (excluding diaryl/α,β-unsaturated/α-hetero) is 4. The van der Waals surface area contributed by atoms with Gasteiger partial charge in [-0.2, -0.15) is 0 Å². The Bertz CT molecular complexity index is 4190. The van der Waals surface area contributed by atoms with E-state index in [9.17, 15) is 24.0 Å². The molecule has 7 aromatic rings. The van der Waals surface area contributed by atoms with E-state index in [1.54, 1.807) is 26.5 Å². The van der Waals surface area contributed by atoms with E-state index in [4.69, 9.17) is 24.7 Å². The standard InChI is InChI=1S/C17H26N2O2.C16H24N2O2.C15H25N3O2.C14H23N3.C14H22N2O2.C12H17N.C11H15NO/c1-13(19-7-9-21-10-8-19)16(20)11-15-6-5-14(12-18-15)17(2,3)4;1-16(2,3)13-4-5-14(17-11-13)10-15(19)12-18-6-8-20-9-7-18;1-15(2,3)12-6-7-13(16-10-12)17-14(19)11-18(4)8-9-20-5;1-14(2,3)11-4-5-13(16-10-11)17-12-6-8-15-9-7-12;1-11(2)12-4-5-13(16-9-12)8-14(17)10-15-6-7-18-3;1-9(13)10-6-5-7-11(8-10)12(2,3)4;1-8(13)10-6-5-9(7-12-10)11(2,3)4/h5-6,12-13H,7-11H2,1-4H3;4-5,11H,6-10,12H2,1-3H3;6-7,10H,8-9,11H2,1-5H3,(H,16,17,19);4-5,10,12,15H,6-9H2,1-3H3,(H,16,17);4-5,9,11,15H,6-8,10H2,1-3H3;5-8H,1,13H2,2-4H3;5-7H,1-4H3. The summed E-state index contributed by atoms with van der Waals surface area (Å²) in [6.45, 7) is 62.8. The van der Waals surface area contributed by atoms with Crippen LogP contribution in [0.2, 0.25) is 0 Å². The number of rotatable bonds is 26. The number of ketones is 4. The van der Waals surface area contributed by atoms with E-state index in [1.807, 2.05) is 104 Å². The van der Waals surface area contributed by atoms with E-state index >= 15 is 0 Å². The number of amides is 1. The van der Waals surface area contributed by atoms with Gasteiger partial charge in [0.25, 0.3) is 0 Å². The van der Waals surface area contributed by atoms with Gasteiger partial charge >= 0.3 is 0 Å². The van der Waals surface area contributed by atoms with Crippen molar-refractivity contribution in [3.05, 3.63) is 208 Å². The van der Waals surface area contributed by atoms with E-state index in [0.717, 1.165) is 112 Å². The SMILES string of the molecule is C=C(N)c1cccc(C(C)(C)C)c1.CC(=O)c1ccc(C(C)(C)C)cn1.CC(C(=O)Cc1ccc(C(C)(C)C)cn1)N1CCOCC1.CC(C)(C)c1ccc(CC(=O)CN2CCOCC2)nc1.CC(C)(C)c1ccc(NC2CCNCC2)nc1.COCCN(C)CC(=O)Nc1ccc(C(C)(C)C)cn1.COCCNCC(=O)Cc1ccc(C(C)C)cn1. The number of methoxy groups -OCH3 is 2. The van der Waals surface area contributed by atoms with E-state index in [2.05, 4.69) is 242 Å². The summed E-state index contributed by atoms with van der Waals surface area (Å²) >= 11 is 0. The summed E-state index contributed by atoms with van der Waals surface area (Å²) in [5.74, 6) is 2.61. The summed E-state index contributed by atoms with van der Waals surface area (Å²) in [5.41, 5.74) is 19.5. The third-order valence-corrected chi connectivity index (χ3v) is 20.8. The lowest BCUT2D eigenvalue weighted by Gasteiger charge is -2.31. The molecule has 6 aromatic heterocycles. The average Bonchev–Trinajstić information content (AvgIpc) is 0.880. The highest BCUT2D eigenvalue weighted by molar-refractivity contribution is 5.92. The van der Waals surface area contributed by atoms with Crippen LogP contribution in [0.25, 0.3) is 5.70 Å². The normalized spacial score (nSPS) is 14.5. The number of benzene rings is 1. The van der Waals surface area contributed by atoms with Crippen LogP contribution in [0, 0.1) is 0 Å². The molecule has 6 N–H and O–H groups in total. The summed E-state index contributed by atoms with van der Waals surface area (Å²) in [7, 11) is 5.17. The second-order valence-corrected chi connectivity index (χ2v) is 38.2. The van der Waals surface area contributed by atoms with Gasteiger partial charge in [0, 0.05) is 126 Å². The molecular weight excluding hydrogens is 1530 g/mol. The van der Waals surface area contributed by atoms with Gasteiger partial charge in [0.15, 0.2) is 23.1 Å². The second-order valence-electron chi connectivity index (χ2n) is 38.2. The zero-order valence-electron chi connectivity index (χ0n) is 79.0. The van der Waals surface area contributed by atoms with E-state index in [0.29, 0.717) is 87.8 Å². The largest absolute Gasteiger partial charge is 0.399 e. The Balaban J connectivity index is 0.000000301. The maximum atomic E-state index is 12.4. The predicted octanol–water partition coefficient (Wildman–Crippen LogP) is 15.5. The van der Waals surface area contributed by atoms with Crippen molar-refractivity contribution >= 4 is 46.4 Å². The molecule has 1 unspecified atom stereocenters. The minimum atomic E-state index is -0.0698.